The van der Waals surface area contributed by atoms with Crippen LogP contribution in [0.5, 0.6) is 5.75 Å². The average Bonchev–Trinajstić information content (AvgIpc) is 3.32. The third-order valence-electron chi connectivity index (χ3n) is 6.04. The van der Waals surface area contributed by atoms with E-state index in [-0.39, 0.29) is 12.3 Å². The Balaban J connectivity index is 1.50. The maximum atomic E-state index is 13.4. The Hall–Kier alpha value is -4.10. The lowest BCUT2D eigenvalue weighted by atomic mass is 10.1. The molecule has 0 radical (unpaired) electrons. The molecule has 1 aliphatic rings. The molecule has 4 aromatic rings. The zero-order chi connectivity index (χ0) is 24.7. The first-order valence-corrected chi connectivity index (χ1v) is 11.2. The lowest BCUT2D eigenvalue weighted by Crippen LogP contribution is -2.16. The van der Waals surface area contributed by atoms with Crippen LogP contribution in [0.2, 0.25) is 5.02 Å². The van der Waals surface area contributed by atoms with Crippen molar-refractivity contribution in [3.63, 3.8) is 0 Å². The summed E-state index contributed by atoms with van der Waals surface area (Å²) in [5.41, 5.74) is 3.16. The summed E-state index contributed by atoms with van der Waals surface area (Å²) in [6.45, 7) is 1.77. The molecule has 0 bridgehead atoms. The number of nitrogens with zero attached hydrogens (tertiary/aromatic N) is 1. The quantitative estimate of drug-likeness (QED) is 0.356. The number of methoxy groups -OCH3 is 1. The van der Waals surface area contributed by atoms with Gasteiger partial charge in [0.25, 0.3) is 12.2 Å². The minimum atomic E-state index is -1.11. The van der Waals surface area contributed by atoms with Crippen LogP contribution in [0.1, 0.15) is 43.8 Å². The standard InChI is InChI=1S/C27H20ClNO6/c1-15-21(14-24(30)34-27-20-6-4-3-5-19(20)26(32)35-27)22-13-18(33-2)11-12-23(22)29(15)25(31)16-7-9-17(28)10-8-16/h3-13,27H,14H2,1-2H3/t27-/m0/s1. The molecule has 3 aromatic carbocycles. The van der Waals surface area contributed by atoms with Crippen molar-refractivity contribution in [1.29, 1.82) is 0 Å². The molecule has 2 heterocycles. The van der Waals surface area contributed by atoms with Crippen LogP contribution in [0.4, 0.5) is 0 Å². The Kier molecular flexibility index (Phi) is 5.78. The number of fused-ring (bicyclic) bond motifs is 2. The fourth-order valence-corrected chi connectivity index (χ4v) is 4.43. The maximum Gasteiger partial charge on any atom is 0.342 e. The summed E-state index contributed by atoms with van der Waals surface area (Å²) in [6.07, 6.45) is -1.24. The Morgan fingerprint density at radius 3 is 2.54 bits per heavy atom. The zero-order valence-corrected chi connectivity index (χ0v) is 19.7. The molecule has 1 aliphatic heterocycles. The van der Waals surface area contributed by atoms with E-state index in [1.54, 1.807) is 85.3 Å². The molecule has 35 heavy (non-hydrogen) atoms. The average molecular weight is 490 g/mol. The molecule has 8 heteroatoms. The normalized spacial score (nSPS) is 14.5. The molecule has 0 N–H and O–H groups in total. The van der Waals surface area contributed by atoms with Crippen LogP contribution in [0.3, 0.4) is 0 Å². The molecule has 7 nitrogen and oxygen atoms in total. The Morgan fingerprint density at radius 2 is 1.80 bits per heavy atom. The summed E-state index contributed by atoms with van der Waals surface area (Å²) in [5.74, 6) is -0.803. The van der Waals surface area contributed by atoms with Crippen LogP contribution >= 0.6 is 11.6 Å². The summed E-state index contributed by atoms with van der Waals surface area (Å²) in [6, 6.07) is 18.7. The van der Waals surface area contributed by atoms with E-state index in [9.17, 15) is 14.4 Å². The molecule has 5 rings (SSSR count). The summed E-state index contributed by atoms with van der Waals surface area (Å²) in [7, 11) is 1.55. The number of carbonyl (C=O) groups is 3. The topological polar surface area (TPSA) is 83.8 Å². The van der Waals surface area contributed by atoms with Crippen molar-refractivity contribution >= 4 is 40.3 Å². The van der Waals surface area contributed by atoms with Gasteiger partial charge < -0.3 is 14.2 Å². The van der Waals surface area contributed by atoms with Crippen LogP contribution in [0, 0.1) is 6.92 Å². The lowest BCUT2D eigenvalue weighted by molar-refractivity contribution is -0.166. The van der Waals surface area contributed by atoms with Crippen LogP contribution in [-0.4, -0.2) is 29.5 Å². The monoisotopic (exact) mass is 489 g/mol. The number of carbonyl (C=O) groups excluding carboxylic acids is 3. The second-order valence-electron chi connectivity index (χ2n) is 8.09. The van der Waals surface area contributed by atoms with Crippen molar-refractivity contribution in [1.82, 2.24) is 4.57 Å². The highest BCUT2D eigenvalue weighted by atomic mass is 35.5. The van der Waals surface area contributed by atoms with Crippen LogP contribution < -0.4 is 4.74 Å². The molecule has 0 aliphatic carbocycles. The summed E-state index contributed by atoms with van der Waals surface area (Å²) in [5, 5.41) is 1.21. The van der Waals surface area contributed by atoms with Crippen molar-refractivity contribution in [3.05, 3.63) is 99.7 Å². The second kappa shape index (κ2) is 8.92. The van der Waals surface area contributed by atoms with Gasteiger partial charge in [-0.3, -0.25) is 14.2 Å². The first kappa shape index (κ1) is 22.7. The van der Waals surface area contributed by atoms with Crippen molar-refractivity contribution in [2.75, 3.05) is 7.11 Å². The minimum absolute atomic E-state index is 0.132. The lowest BCUT2D eigenvalue weighted by Gasteiger charge is -2.12. The van der Waals surface area contributed by atoms with Crippen molar-refractivity contribution in [3.8, 4) is 5.75 Å². The van der Waals surface area contributed by atoms with Crippen molar-refractivity contribution in [2.45, 2.75) is 19.6 Å². The van der Waals surface area contributed by atoms with Crippen molar-refractivity contribution < 1.29 is 28.6 Å². The van der Waals surface area contributed by atoms with Gasteiger partial charge in [0.05, 0.1) is 24.6 Å². The van der Waals surface area contributed by atoms with E-state index in [0.29, 0.717) is 49.6 Å². The van der Waals surface area contributed by atoms with E-state index in [1.165, 1.54) is 0 Å². The second-order valence-corrected chi connectivity index (χ2v) is 8.52. The van der Waals surface area contributed by atoms with Crippen LogP contribution in [-0.2, 0) is 20.7 Å². The van der Waals surface area contributed by atoms with Crippen LogP contribution in [0.25, 0.3) is 10.9 Å². The molecule has 0 amide bonds. The van der Waals surface area contributed by atoms with Crippen molar-refractivity contribution in [2.24, 2.45) is 0 Å². The van der Waals surface area contributed by atoms with E-state index in [2.05, 4.69) is 0 Å². The Bertz CT molecular complexity index is 1490. The van der Waals surface area contributed by atoms with E-state index < -0.39 is 18.2 Å². The van der Waals surface area contributed by atoms with E-state index in [1.807, 2.05) is 0 Å². The predicted molar refractivity (Wildman–Crippen MR) is 129 cm³/mol. The Labute approximate surface area is 205 Å². The van der Waals surface area contributed by atoms with E-state index in [0.717, 1.165) is 0 Å². The Morgan fingerprint density at radius 1 is 1.06 bits per heavy atom. The smallest absolute Gasteiger partial charge is 0.342 e. The third-order valence-corrected chi connectivity index (χ3v) is 6.30. The number of cyclic esters (lactones) is 1. The number of hydrogen-bond donors (Lipinski definition) is 0. The van der Waals surface area contributed by atoms with E-state index in [4.69, 9.17) is 25.8 Å². The van der Waals surface area contributed by atoms with Gasteiger partial charge in [-0.05, 0) is 61.0 Å². The van der Waals surface area contributed by atoms with Gasteiger partial charge in [-0.15, -0.1) is 0 Å². The van der Waals surface area contributed by atoms with Gasteiger partial charge in [-0.1, -0.05) is 29.8 Å². The molecule has 0 spiro atoms. The van der Waals surface area contributed by atoms with Gasteiger partial charge >= 0.3 is 11.9 Å². The van der Waals surface area contributed by atoms with Gasteiger partial charge in [0, 0.05) is 27.2 Å². The highest BCUT2D eigenvalue weighted by Crippen LogP contribution is 2.34. The largest absolute Gasteiger partial charge is 0.497 e. The molecule has 1 aromatic heterocycles. The zero-order valence-electron chi connectivity index (χ0n) is 18.9. The number of rotatable bonds is 5. The maximum absolute atomic E-state index is 13.4. The molecule has 0 unspecified atom stereocenters. The van der Waals surface area contributed by atoms with Gasteiger partial charge in [-0.2, -0.15) is 0 Å². The SMILES string of the molecule is COc1ccc2c(c1)c(CC(=O)O[C@H]1OC(=O)c3ccccc31)c(C)n2C(=O)c1ccc(Cl)cc1. The number of ether oxygens (including phenoxy) is 3. The third kappa shape index (κ3) is 4.04. The van der Waals surface area contributed by atoms with Gasteiger partial charge in [-0.25, -0.2) is 4.79 Å². The van der Waals surface area contributed by atoms with Gasteiger partial charge in [0.2, 0.25) is 0 Å². The summed E-state index contributed by atoms with van der Waals surface area (Å²) in [4.78, 5) is 38.5. The summed E-state index contributed by atoms with van der Waals surface area (Å²) < 4.78 is 17.7. The first-order chi connectivity index (χ1) is 16.9. The molecule has 0 fully saturated rings. The number of aromatic nitrogens is 1. The number of esters is 2. The minimum Gasteiger partial charge on any atom is -0.497 e. The summed E-state index contributed by atoms with van der Waals surface area (Å²) >= 11 is 5.98. The molecular formula is C27H20ClNO6. The fraction of sp³-hybridized carbons (Fsp3) is 0.148. The molecule has 0 saturated carbocycles. The van der Waals surface area contributed by atoms with Gasteiger partial charge in [0.15, 0.2) is 0 Å². The molecular weight excluding hydrogens is 470 g/mol. The number of hydrogen-bond acceptors (Lipinski definition) is 6. The predicted octanol–water partition coefficient (Wildman–Crippen LogP) is 5.26. The highest BCUT2D eigenvalue weighted by Gasteiger charge is 2.34. The van der Waals surface area contributed by atoms with Crippen LogP contribution in [0.15, 0.2) is 66.7 Å². The molecule has 176 valence electrons. The number of benzene rings is 3. The fourth-order valence-electron chi connectivity index (χ4n) is 4.30. The van der Waals surface area contributed by atoms with E-state index >= 15 is 0 Å². The first-order valence-electron chi connectivity index (χ1n) is 10.8. The highest BCUT2D eigenvalue weighted by molar-refractivity contribution is 6.30. The number of halogens is 1. The van der Waals surface area contributed by atoms with Gasteiger partial charge in [0.1, 0.15) is 5.75 Å². The molecule has 0 saturated heterocycles. The molecule has 1 atom stereocenters.